The summed E-state index contributed by atoms with van der Waals surface area (Å²) in [6.07, 6.45) is 1.81. The minimum Gasteiger partial charge on any atom is -0.389 e. The van der Waals surface area contributed by atoms with Crippen molar-refractivity contribution in [2.75, 3.05) is 26.2 Å². The number of carbonyl (C=O) groups excluding carboxylic acids is 1. The summed E-state index contributed by atoms with van der Waals surface area (Å²) in [5.74, 6) is 0.374. The number of β-amino-alcohol motifs (C(OH)–C–C–N with tert-alkyl or cyclic N) is 1. The first-order chi connectivity index (χ1) is 6.27. The number of aliphatic hydroxyl groups excluding tert-OH is 1. The topological polar surface area (TPSA) is 52.6 Å². The normalized spacial score (nSPS) is 29.9. The molecule has 2 N–H and O–H groups in total. The Morgan fingerprint density at radius 1 is 1.46 bits per heavy atom. The summed E-state index contributed by atoms with van der Waals surface area (Å²) in [6.45, 7) is 2.92. The van der Waals surface area contributed by atoms with Gasteiger partial charge in [-0.15, -0.1) is 0 Å². The molecule has 0 aliphatic carbocycles. The molecule has 1 unspecified atom stereocenters. The van der Waals surface area contributed by atoms with Gasteiger partial charge in [0.05, 0.1) is 12.0 Å². The molecule has 2 heterocycles. The molecule has 2 fully saturated rings. The average molecular weight is 184 g/mol. The minimum atomic E-state index is -0.277. The highest BCUT2D eigenvalue weighted by atomic mass is 16.3. The second-order valence-corrected chi connectivity index (χ2v) is 3.94. The zero-order valence-corrected chi connectivity index (χ0v) is 7.70. The van der Waals surface area contributed by atoms with Crippen LogP contribution in [-0.4, -0.2) is 48.2 Å². The van der Waals surface area contributed by atoms with E-state index < -0.39 is 0 Å². The third-order valence-electron chi connectivity index (χ3n) is 2.82. The maximum Gasteiger partial charge on any atom is 0.227 e. The molecule has 0 saturated carbocycles. The van der Waals surface area contributed by atoms with Crippen molar-refractivity contribution in [2.45, 2.75) is 18.9 Å². The molecule has 4 nitrogen and oxygen atoms in total. The molecule has 1 amide bonds. The number of amides is 1. The van der Waals surface area contributed by atoms with Crippen LogP contribution in [0.15, 0.2) is 0 Å². The van der Waals surface area contributed by atoms with E-state index in [1.807, 2.05) is 0 Å². The van der Waals surface area contributed by atoms with Gasteiger partial charge in [0.2, 0.25) is 5.91 Å². The molecule has 0 aromatic carbocycles. The lowest BCUT2D eigenvalue weighted by atomic mass is 9.96. The Balaban J connectivity index is 1.82. The Labute approximate surface area is 77.9 Å². The second kappa shape index (κ2) is 3.64. The molecule has 0 bridgehead atoms. The zero-order valence-electron chi connectivity index (χ0n) is 7.70. The van der Waals surface area contributed by atoms with Gasteiger partial charge in [0, 0.05) is 19.6 Å². The number of hydrogen-bond donors (Lipinski definition) is 2. The fraction of sp³-hybridized carbons (Fsp3) is 0.889. The maximum absolute atomic E-state index is 11.7. The Morgan fingerprint density at radius 2 is 2.23 bits per heavy atom. The third-order valence-corrected chi connectivity index (χ3v) is 2.82. The molecule has 74 valence electrons. The van der Waals surface area contributed by atoms with Gasteiger partial charge in [-0.1, -0.05) is 0 Å². The number of piperidine rings is 1. The van der Waals surface area contributed by atoms with Gasteiger partial charge in [-0.3, -0.25) is 4.79 Å². The summed E-state index contributed by atoms with van der Waals surface area (Å²) in [6, 6.07) is 0. The van der Waals surface area contributed by atoms with Gasteiger partial charge in [0.25, 0.3) is 0 Å². The number of nitrogens with zero attached hydrogens (tertiary/aromatic N) is 1. The van der Waals surface area contributed by atoms with Gasteiger partial charge in [-0.25, -0.2) is 0 Å². The minimum absolute atomic E-state index is 0.154. The molecule has 0 aromatic rings. The van der Waals surface area contributed by atoms with Gasteiger partial charge in [-0.2, -0.15) is 0 Å². The summed E-state index contributed by atoms with van der Waals surface area (Å²) >= 11 is 0. The van der Waals surface area contributed by atoms with Gasteiger partial charge in [-0.05, 0) is 19.4 Å². The Morgan fingerprint density at radius 3 is 2.77 bits per heavy atom. The predicted molar refractivity (Wildman–Crippen MR) is 48.2 cm³/mol. The molecule has 0 spiro atoms. The summed E-state index contributed by atoms with van der Waals surface area (Å²) in [5, 5.41) is 12.3. The zero-order chi connectivity index (χ0) is 9.26. The van der Waals surface area contributed by atoms with Crippen LogP contribution in [0.1, 0.15) is 12.8 Å². The molecule has 0 radical (unpaired) electrons. The molecule has 2 aliphatic rings. The largest absolute Gasteiger partial charge is 0.389 e. The first kappa shape index (κ1) is 8.97. The number of rotatable bonds is 1. The van der Waals surface area contributed by atoms with Crippen LogP contribution in [0.4, 0.5) is 0 Å². The highest BCUT2D eigenvalue weighted by Gasteiger charge is 2.33. The number of carbonyl (C=O) groups is 1. The van der Waals surface area contributed by atoms with E-state index in [9.17, 15) is 4.79 Å². The summed E-state index contributed by atoms with van der Waals surface area (Å²) < 4.78 is 0. The summed E-state index contributed by atoms with van der Waals surface area (Å²) in [7, 11) is 0. The Kier molecular flexibility index (Phi) is 2.51. The van der Waals surface area contributed by atoms with Crippen molar-refractivity contribution in [3.05, 3.63) is 0 Å². The van der Waals surface area contributed by atoms with Crippen molar-refractivity contribution in [3.63, 3.8) is 0 Å². The first-order valence-electron chi connectivity index (χ1n) is 4.95. The van der Waals surface area contributed by atoms with Gasteiger partial charge >= 0.3 is 0 Å². The SMILES string of the molecule is O=C(C1CCCNC1)N1CC(O)C1. The maximum atomic E-state index is 11.7. The van der Waals surface area contributed by atoms with E-state index in [0.29, 0.717) is 13.1 Å². The number of nitrogens with one attached hydrogen (secondary N) is 1. The molecule has 2 aliphatic heterocycles. The fourth-order valence-corrected chi connectivity index (χ4v) is 1.96. The lowest BCUT2D eigenvalue weighted by Crippen LogP contribution is -2.56. The van der Waals surface area contributed by atoms with E-state index in [1.165, 1.54) is 0 Å². The molecule has 1 atom stereocenters. The predicted octanol–water partition coefficient (Wildman–Crippen LogP) is -0.811. The smallest absolute Gasteiger partial charge is 0.227 e. The number of hydrogen-bond acceptors (Lipinski definition) is 3. The van der Waals surface area contributed by atoms with E-state index in [4.69, 9.17) is 5.11 Å². The molecule has 2 rings (SSSR count). The lowest BCUT2D eigenvalue weighted by Gasteiger charge is -2.39. The molecule has 4 heteroatoms. The van der Waals surface area contributed by atoms with Crippen LogP contribution < -0.4 is 5.32 Å². The summed E-state index contributed by atoms with van der Waals surface area (Å²) in [4.78, 5) is 13.5. The van der Waals surface area contributed by atoms with E-state index >= 15 is 0 Å². The van der Waals surface area contributed by atoms with Gasteiger partial charge in [0.15, 0.2) is 0 Å². The number of likely N-dealkylation sites (tertiary alicyclic amines) is 1. The van der Waals surface area contributed by atoms with Crippen molar-refractivity contribution < 1.29 is 9.90 Å². The monoisotopic (exact) mass is 184 g/mol. The van der Waals surface area contributed by atoms with Crippen LogP contribution in [0.3, 0.4) is 0 Å². The molecular formula is C9H16N2O2. The van der Waals surface area contributed by atoms with Crippen LogP contribution in [0.25, 0.3) is 0 Å². The second-order valence-electron chi connectivity index (χ2n) is 3.94. The van der Waals surface area contributed by atoms with Gasteiger partial charge in [0.1, 0.15) is 0 Å². The standard InChI is InChI=1S/C9H16N2O2/c12-8-5-11(6-8)9(13)7-2-1-3-10-4-7/h7-8,10,12H,1-6H2. The molecule has 2 saturated heterocycles. The van der Waals surface area contributed by atoms with Crippen LogP contribution in [-0.2, 0) is 4.79 Å². The highest BCUT2D eigenvalue weighted by molar-refractivity contribution is 5.80. The summed E-state index contributed by atoms with van der Waals surface area (Å²) in [5.41, 5.74) is 0. The quantitative estimate of drug-likeness (QED) is 0.560. The Hall–Kier alpha value is -0.610. The van der Waals surface area contributed by atoms with Crippen molar-refractivity contribution in [1.29, 1.82) is 0 Å². The molecular weight excluding hydrogens is 168 g/mol. The van der Waals surface area contributed by atoms with Crippen molar-refractivity contribution >= 4 is 5.91 Å². The highest BCUT2D eigenvalue weighted by Crippen LogP contribution is 2.17. The lowest BCUT2D eigenvalue weighted by molar-refractivity contribution is -0.146. The van der Waals surface area contributed by atoms with E-state index in [2.05, 4.69) is 5.32 Å². The molecule has 13 heavy (non-hydrogen) atoms. The van der Waals surface area contributed by atoms with Crippen LogP contribution in [0.5, 0.6) is 0 Å². The van der Waals surface area contributed by atoms with E-state index in [1.54, 1.807) is 4.90 Å². The first-order valence-corrected chi connectivity index (χ1v) is 4.95. The average Bonchev–Trinajstić information content (AvgIpc) is 2.13. The van der Waals surface area contributed by atoms with Crippen molar-refractivity contribution in [3.8, 4) is 0 Å². The van der Waals surface area contributed by atoms with Crippen molar-refractivity contribution in [1.82, 2.24) is 10.2 Å². The molecule has 0 aromatic heterocycles. The van der Waals surface area contributed by atoms with Crippen LogP contribution in [0, 0.1) is 5.92 Å². The number of aliphatic hydroxyl groups is 1. The third kappa shape index (κ3) is 1.84. The van der Waals surface area contributed by atoms with Crippen LogP contribution >= 0.6 is 0 Å². The van der Waals surface area contributed by atoms with E-state index in [-0.39, 0.29) is 17.9 Å². The Bertz CT molecular complexity index is 196. The van der Waals surface area contributed by atoms with Gasteiger partial charge < -0.3 is 15.3 Å². The van der Waals surface area contributed by atoms with Crippen LogP contribution in [0.2, 0.25) is 0 Å². The fourth-order valence-electron chi connectivity index (χ4n) is 1.96. The van der Waals surface area contributed by atoms with E-state index in [0.717, 1.165) is 25.9 Å². The van der Waals surface area contributed by atoms with Crippen molar-refractivity contribution in [2.24, 2.45) is 5.92 Å².